The van der Waals surface area contributed by atoms with Crippen molar-refractivity contribution in [2.45, 2.75) is 0 Å². The van der Waals surface area contributed by atoms with Crippen LogP contribution >= 0.6 is 0 Å². The molecule has 0 spiro atoms. The molecule has 0 atom stereocenters. The minimum atomic E-state index is -0.369. The molecule has 0 aliphatic rings. The van der Waals surface area contributed by atoms with Crippen LogP contribution in [0, 0.1) is 0 Å². The van der Waals surface area contributed by atoms with Crippen molar-refractivity contribution in [2.75, 3.05) is 7.11 Å². The fourth-order valence-corrected chi connectivity index (χ4v) is 2.19. The summed E-state index contributed by atoms with van der Waals surface area (Å²) >= 11 is 0. The summed E-state index contributed by atoms with van der Waals surface area (Å²) in [5.41, 5.74) is 2.81. The van der Waals surface area contributed by atoms with E-state index in [1.165, 1.54) is 7.11 Å². The number of imidazole rings is 1. The highest BCUT2D eigenvalue weighted by molar-refractivity contribution is 6.04. The molecule has 1 aromatic carbocycles. The minimum absolute atomic E-state index is 0.369. The number of carbonyl (C=O) groups is 1. The molecule has 0 unspecified atom stereocenters. The Hall–Kier alpha value is -2.69. The quantitative estimate of drug-likeness (QED) is 0.669. The van der Waals surface area contributed by atoms with E-state index in [0.29, 0.717) is 11.3 Å². The van der Waals surface area contributed by atoms with E-state index in [1.54, 1.807) is 18.6 Å². The predicted octanol–water partition coefficient (Wildman–Crippen LogP) is 2.42. The lowest BCUT2D eigenvalue weighted by Crippen LogP contribution is -2.04. The van der Waals surface area contributed by atoms with Crippen LogP contribution in [0.25, 0.3) is 22.3 Å². The van der Waals surface area contributed by atoms with Crippen LogP contribution in [0.15, 0.2) is 42.9 Å². The van der Waals surface area contributed by atoms with E-state index < -0.39 is 0 Å². The zero-order valence-electron chi connectivity index (χ0n) is 11.2. The molecule has 5 heteroatoms. The van der Waals surface area contributed by atoms with Crippen molar-refractivity contribution in [3.05, 3.63) is 48.4 Å². The van der Waals surface area contributed by atoms with Crippen LogP contribution in [0.5, 0.6) is 0 Å². The van der Waals surface area contributed by atoms with Gasteiger partial charge < -0.3 is 9.30 Å². The van der Waals surface area contributed by atoms with Gasteiger partial charge in [-0.3, -0.25) is 0 Å². The molecule has 0 amide bonds. The summed E-state index contributed by atoms with van der Waals surface area (Å²) in [6, 6.07) is 9.25. The topological polar surface area (TPSA) is 57.0 Å². The second-order valence-corrected chi connectivity index (χ2v) is 4.45. The zero-order valence-corrected chi connectivity index (χ0v) is 11.2. The Bertz CT molecular complexity index is 793. The van der Waals surface area contributed by atoms with Gasteiger partial charge >= 0.3 is 5.97 Å². The number of methoxy groups -OCH3 is 1. The lowest BCUT2D eigenvalue weighted by Gasteiger charge is -2.08. The maximum atomic E-state index is 12.0. The highest BCUT2D eigenvalue weighted by Gasteiger charge is 2.15. The Balaban J connectivity index is 2.31. The molecule has 0 fully saturated rings. The van der Waals surface area contributed by atoms with Crippen molar-refractivity contribution < 1.29 is 9.53 Å². The van der Waals surface area contributed by atoms with Gasteiger partial charge in [0.15, 0.2) is 0 Å². The maximum absolute atomic E-state index is 12.0. The van der Waals surface area contributed by atoms with Crippen molar-refractivity contribution in [3.8, 4) is 11.4 Å². The number of para-hydroxylation sites is 1. The largest absolute Gasteiger partial charge is 0.465 e. The van der Waals surface area contributed by atoms with Crippen LogP contribution in [0.1, 0.15) is 10.4 Å². The van der Waals surface area contributed by atoms with Gasteiger partial charge in [0.05, 0.1) is 42.1 Å². The van der Waals surface area contributed by atoms with Gasteiger partial charge in [0.2, 0.25) is 0 Å². The van der Waals surface area contributed by atoms with Crippen LogP contribution in [-0.4, -0.2) is 27.6 Å². The first kappa shape index (κ1) is 12.3. The molecular formula is C15H13N3O2. The maximum Gasteiger partial charge on any atom is 0.338 e. The number of esters is 1. The minimum Gasteiger partial charge on any atom is -0.465 e. The fourth-order valence-electron chi connectivity index (χ4n) is 2.19. The van der Waals surface area contributed by atoms with Crippen LogP contribution in [0.4, 0.5) is 0 Å². The van der Waals surface area contributed by atoms with E-state index in [9.17, 15) is 4.79 Å². The van der Waals surface area contributed by atoms with Gasteiger partial charge in [-0.1, -0.05) is 18.2 Å². The Morgan fingerprint density at radius 1 is 1.30 bits per heavy atom. The van der Waals surface area contributed by atoms with Crippen LogP contribution < -0.4 is 0 Å². The summed E-state index contributed by atoms with van der Waals surface area (Å²) in [4.78, 5) is 20.6. The predicted molar refractivity (Wildman–Crippen MR) is 75.3 cm³/mol. The molecule has 0 bridgehead atoms. The zero-order chi connectivity index (χ0) is 14.1. The van der Waals surface area contributed by atoms with Crippen LogP contribution in [0.2, 0.25) is 0 Å². The van der Waals surface area contributed by atoms with E-state index in [1.807, 2.05) is 35.9 Å². The summed E-state index contributed by atoms with van der Waals surface area (Å²) in [5.74, 6) is -0.369. The first-order valence-electron chi connectivity index (χ1n) is 6.15. The van der Waals surface area contributed by atoms with Gasteiger partial charge in [-0.15, -0.1) is 0 Å². The summed E-state index contributed by atoms with van der Waals surface area (Å²) in [7, 11) is 3.26. The third kappa shape index (κ3) is 1.93. The van der Waals surface area contributed by atoms with Crippen molar-refractivity contribution >= 4 is 16.9 Å². The molecule has 3 aromatic rings. The Labute approximate surface area is 115 Å². The van der Waals surface area contributed by atoms with Crippen LogP contribution in [-0.2, 0) is 11.8 Å². The Morgan fingerprint density at radius 2 is 2.10 bits per heavy atom. The summed E-state index contributed by atoms with van der Waals surface area (Å²) in [5, 5.41) is 0.783. The highest BCUT2D eigenvalue weighted by Crippen LogP contribution is 2.24. The van der Waals surface area contributed by atoms with Gasteiger partial charge in [-0.05, 0) is 12.1 Å². The number of hydrogen-bond donors (Lipinski definition) is 0. The molecule has 0 saturated carbocycles. The Kier molecular flexibility index (Phi) is 2.95. The average molecular weight is 267 g/mol. The number of benzene rings is 1. The smallest absolute Gasteiger partial charge is 0.338 e. The number of nitrogens with zero attached hydrogens (tertiary/aromatic N) is 3. The number of fused-ring (bicyclic) bond motifs is 1. The lowest BCUT2D eigenvalue weighted by atomic mass is 10.1. The normalized spacial score (nSPS) is 10.7. The third-order valence-corrected chi connectivity index (χ3v) is 3.20. The molecule has 5 nitrogen and oxygen atoms in total. The van der Waals surface area contributed by atoms with Gasteiger partial charge in [0.1, 0.15) is 0 Å². The van der Waals surface area contributed by atoms with Gasteiger partial charge in [-0.2, -0.15) is 0 Å². The lowest BCUT2D eigenvalue weighted by molar-refractivity contribution is 0.0603. The number of pyridine rings is 1. The van der Waals surface area contributed by atoms with E-state index in [0.717, 1.165) is 16.6 Å². The highest BCUT2D eigenvalue weighted by atomic mass is 16.5. The van der Waals surface area contributed by atoms with Gasteiger partial charge in [0, 0.05) is 12.4 Å². The van der Waals surface area contributed by atoms with Crippen molar-refractivity contribution in [2.24, 2.45) is 7.05 Å². The molecular weight excluding hydrogens is 254 g/mol. The number of carbonyl (C=O) groups excluding carboxylic acids is 1. The molecule has 3 rings (SSSR count). The van der Waals surface area contributed by atoms with E-state index >= 15 is 0 Å². The fraction of sp³-hybridized carbons (Fsp3) is 0.133. The number of aryl methyl sites for hydroxylation is 1. The number of ether oxygens (including phenoxy) is 1. The molecule has 100 valence electrons. The van der Waals surface area contributed by atoms with Crippen molar-refractivity contribution in [1.82, 2.24) is 14.5 Å². The molecule has 2 heterocycles. The molecule has 0 radical (unpaired) electrons. The van der Waals surface area contributed by atoms with E-state index in [4.69, 9.17) is 4.74 Å². The van der Waals surface area contributed by atoms with Crippen LogP contribution in [0.3, 0.4) is 0 Å². The first-order chi connectivity index (χ1) is 9.70. The molecule has 0 aliphatic carbocycles. The van der Waals surface area contributed by atoms with Crippen molar-refractivity contribution in [3.63, 3.8) is 0 Å². The molecule has 0 saturated heterocycles. The van der Waals surface area contributed by atoms with E-state index in [2.05, 4.69) is 9.97 Å². The van der Waals surface area contributed by atoms with Gasteiger partial charge in [-0.25, -0.2) is 14.8 Å². The average Bonchev–Trinajstić information content (AvgIpc) is 2.91. The summed E-state index contributed by atoms with van der Waals surface area (Å²) in [6.45, 7) is 0. The SMILES string of the molecule is COC(=O)c1cc(-c2cncn2C)nc2ccccc12. The summed E-state index contributed by atoms with van der Waals surface area (Å²) in [6.07, 6.45) is 3.42. The molecule has 0 N–H and O–H groups in total. The summed E-state index contributed by atoms with van der Waals surface area (Å²) < 4.78 is 6.72. The second-order valence-electron chi connectivity index (χ2n) is 4.45. The van der Waals surface area contributed by atoms with E-state index in [-0.39, 0.29) is 5.97 Å². The molecule has 2 aromatic heterocycles. The third-order valence-electron chi connectivity index (χ3n) is 3.20. The van der Waals surface area contributed by atoms with Gasteiger partial charge in [0.25, 0.3) is 0 Å². The second kappa shape index (κ2) is 4.77. The van der Waals surface area contributed by atoms with Crippen molar-refractivity contribution in [1.29, 1.82) is 0 Å². The first-order valence-corrected chi connectivity index (χ1v) is 6.15. The molecule has 20 heavy (non-hydrogen) atoms. The number of aromatic nitrogens is 3. The number of rotatable bonds is 2. The number of hydrogen-bond acceptors (Lipinski definition) is 4. The monoisotopic (exact) mass is 267 g/mol. The standard InChI is InChI=1S/C15H13N3O2/c1-18-9-16-8-14(18)13-7-11(15(19)20-2)10-5-3-4-6-12(10)17-13/h3-9H,1-2H3. The molecule has 0 aliphatic heterocycles. The Morgan fingerprint density at radius 3 is 2.80 bits per heavy atom.